The first-order chi connectivity index (χ1) is 8.97. The molecule has 1 aromatic heterocycles. The van der Waals surface area contributed by atoms with E-state index in [9.17, 15) is 9.59 Å². The standard InChI is InChI=1S/C12H9IN2O4/c1-6-2-3-7(13)4-8(6)14-11(16)9-5-10(12(17)18)19-15-9/h2-5H,1H3,(H,14,16)(H,17,18). The largest absolute Gasteiger partial charge is 0.475 e. The summed E-state index contributed by atoms with van der Waals surface area (Å²) in [5, 5.41) is 14.8. The first kappa shape index (κ1) is 13.5. The third kappa shape index (κ3) is 3.11. The van der Waals surface area contributed by atoms with Crippen LogP contribution in [0.25, 0.3) is 0 Å². The Kier molecular flexibility index (Phi) is 3.84. The number of hydrogen-bond donors (Lipinski definition) is 2. The smallest absolute Gasteiger partial charge is 0.374 e. The Balaban J connectivity index is 2.20. The molecule has 0 aliphatic rings. The van der Waals surface area contributed by atoms with Crippen molar-refractivity contribution in [2.45, 2.75) is 6.92 Å². The van der Waals surface area contributed by atoms with Crippen molar-refractivity contribution in [1.82, 2.24) is 5.16 Å². The maximum Gasteiger partial charge on any atom is 0.374 e. The monoisotopic (exact) mass is 372 g/mol. The number of carboxylic acids is 1. The number of aryl methyl sites for hydroxylation is 1. The van der Waals surface area contributed by atoms with E-state index in [1.54, 1.807) is 0 Å². The van der Waals surface area contributed by atoms with Gasteiger partial charge in [-0.2, -0.15) is 0 Å². The minimum absolute atomic E-state index is 0.0735. The van der Waals surface area contributed by atoms with E-state index in [1.807, 2.05) is 25.1 Å². The van der Waals surface area contributed by atoms with Gasteiger partial charge in [-0.25, -0.2) is 4.79 Å². The number of halogens is 1. The zero-order valence-electron chi connectivity index (χ0n) is 9.81. The molecule has 0 radical (unpaired) electrons. The molecule has 1 amide bonds. The molecule has 0 aliphatic heterocycles. The third-order valence-corrected chi connectivity index (χ3v) is 3.07. The molecule has 1 aromatic carbocycles. The molecule has 98 valence electrons. The minimum Gasteiger partial charge on any atom is -0.475 e. The highest BCUT2D eigenvalue weighted by atomic mass is 127. The Hall–Kier alpha value is -1.90. The van der Waals surface area contributed by atoms with Gasteiger partial charge in [0, 0.05) is 15.3 Å². The van der Waals surface area contributed by atoms with Crippen molar-refractivity contribution in [3.05, 3.63) is 44.9 Å². The second-order valence-electron chi connectivity index (χ2n) is 3.79. The summed E-state index contributed by atoms with van der Waals surface area (Å²) < 4.78 is 5.50. The van der Waals surface area contributed by atoms with Crippen molar-refractivity contribution in [1.29, 1.82) is 0 Å². The maximum absolute atomic E-state index is 11.9. The summed E-state index contributed by atoms with van der Waals surface area (Å²) in [4.78, 5) is 22.5. The van der Waals surface area contributed by atoms with Crippen LogP contribution in [0.5, 0.6) is 0 Å². The van der Waals surface area contributed by atoms with Crippen LogP contribution >= 0.6 is 22.6 Å². The van der Waals surface area contributed by atoms with Crippen molar-refractivity contribution in [3.63, 3.8) is 0 Å². The number of rotatable bonds is 3. The molecular formula is C12H9IN2O4. The SMILES string of the molecule is Cc1ccc(I)cc1NC(=O)c1cc(C(=O)O)on1. The molecule has 0 bridgehead atoms. The number of carbonyl (C=O) groups excluding carboxylic acids is 1. The van der Waals surface area contributed by atoms with Gasteiger partial charge in [-0.3, -0.25) is 4.79 Å². The second kappa shape index (κ2) is 5.39. The number of carboxylic acid groups (broad SMARTS) is 1. The topological polar surface area (TPSA) is 92.4 Å². The van der Waals surface area contributed by atoms with Gasteiger partial charge >= 0.3 is 5.97 Å². The van der Waals surface area contributed by atoms with Gasteiger partial charge in [0.25, 0.3) is 5.91 Å². The van der Waals surface area contributed by atoms with E-state index < -0.39 is 11.9 Å². The van der Waals surface area contributed by atoms with Gasteiger partial charge in [0.1, 0.15) is 0 Å². The van der Waals surface area contributed by atoms with E-state index in [0.29, 0.717) is 5.69 Å². The van der Waals surface area contributed by atoms with Crippen LogP contribution in [0.4, 0.5) is 5.69 Å². The van der Waals surface area contributed by atoms with Gasteiger partial charge in [-0.05, 0) is 47.2 Å². The summed E-state index contributed by atoms with van der Waals surface area (Å²) in [6.45, 7) is 1.86. The molecule has 0 unspecified atom stereocenters. The minimum atomic E-state index is -1.27. The number of carbonyl (C=O) groups is 2. The molecular weight excluding hydrogens is 363 g/mol. The molecule has 7 heteroatoms. The van der Waals surface area contributed by atoms with Crippen LogP contribution in [0.2, 0.25) is 0 Å². The molecule has 0 atom stereocenters. The van der Waals surface area contributed by atoms with Crippen molar-refractivity contribution in [2.24, 2.45) is 0 Å². The molecule has 0 saturated carbocycles. The summed E-state index contributed by atoms with van der Waals surface area (Å²) in [5.41, 5.74) is 1.48. The summed E-state index contributed by atoms with van der Waals surface area (Å²) in [6.07, 6.45) is 0. The third-order valence-electron chi connectivity index (χ3n) is 2.40. The van der Waals surface area contributed by atoms with Gasteiger partial charge < -0.3 is 14.9 Å². The lowest BCUT2D eigenvalue weighted by atomic mass is 10.2. The molecule has 0 fully saturated rings. The predicted molar refractivity (Wildman–Crippen MR) is 75.3 cm³/mol. The quantitative estimate of drug-likeness (QED) is 0.808. The summed E-state index contributed by atoms with van der Waals surface area (Å²) in [7, 11) is 0. The number of nitrogens with zero attached hydrogens (tertiary/aromatic N) is 1. The van der Waals surface area contributed by atoms with Crippen molar-refractivity contribution >= 4 is 40.2 Å². The highest BCUT2D eigenvalue weighted by molar-refractivity contribution is 14.1. The number of anilines is 1. The molecule has 0 aliphatic carbocycles. The van der Waals surface area contributed by atoms with Crippen LogP contribution in [-0.4, -0.2) is 22.1 Å². The molecule has 2 rings (SSSR count). The zero-order chi connectivity index (χ0) is 14.0. The molecule has 19 heavy (non-hydrogen) atoms. The van der Waals surface area contributed by atoms with E-state index in [2.05, 4.69) is 37.6 Å². The Morgan fingerprint density at radius 2 is 2.11 bits per heavy atom. The first-order valence-corrected chi connectivity index (χ1v) is 6.33. The fraction of sp³-hybridized carbons (Fsp3) is 0.0833. The van der Waals surface area contributed by atoms with E-state index in [-0.39, 0.29) is 11.5 Å². The summed E-state index contributed by atoms with van der Waals surface area (Å²) in [6, 6.07) is 6.69. The van der Waals surface area contributed by atoms with Crippen LogP contribution in [0.1, 0.15) is 26.6 Å². The Labute approximate surface area is 121 Å². The number of aromatic carboxylic acids is 1. The van der Waals surface area contributed by atoms with Crippen molar-refractivity contribution in [3.8, 4) is 0 Å². The zero-order valence-corrected chi connectivity index (χ0v) is 12.0. The lowest BCUT2D eigenvalue weighted by Crippen LogP contribution is -2.13. The number of amides is 1. The summed E-state index contributed by atoms with van der Waals surface area (Å²) in [5.74, 6) is -2.15. The van der Waals surface area contributed by atoms with E-state index in [0.717, 1.165) is 15.2 Å². The van der Waals surface area contributed by atoms with Gasteiger partial charge in [0.05, 0.1) is 0 Å². The van der Waals surface area contributed by atoms with E-state index in [4.69, 9.17) is 5.11 Å². The Bertz CT molecular complexity index is 651. The normalized spacial score (nSPS) is 10.2. The number of hydrogen-bond acceptors (Lipinski definition) is 4. The molecule has 0 spiro atoms. The predicted octanol–water partition coefficient (Wildman–Crippen LogP) is 2.54. The number of nitrogens with one attached hydrogen (secondary N) is 1. The molecule has 2 N–H and O–H groups in total. The molecule has 0 saturated heterocycles. The summed E-state index contributed by atoms with van der Waals surface area (Å²) >= 11 is 2.13. The van der Waals surface area contributed by atoms with Gasteiger partial charge in [-0.1, -0.05) is 11.2 Å². The van der Waals surface area contributed by atoms with Crippen LogP contribution in [-0.2, 0) is 0 Å². The van der Waals surface area contributed by atoms with Crippen molar-refractivity contribution < 1.29 is 19.2 Å². The number of aromatic nitrogens is 1. The van der Waals surface area contributed by atoms with Crippen molar-refractivity contribution in [2.75, 3.05) is 5.32 Å². The number of benzene rings is 1. The fourth-order valence-corrected chi connectivity index (χ4v) is 1.89. The molecule has 2 aromatic rings. The van der Waals surface area contributed by atoms with Crippen LogP contribution in [0.15, 0.2) is 28.8 Å². The average Bonchev–Trinajstić information content (AvgIpc) is 2.83. The van der Waals surface area contributed by atoms with Crippen LogP contribution in [0.3, 0.4) is 0 Å². The lowest BCUT2D eigenvalue weighted by molar-refractivity contribution is 0.0651. The maximum atomic E-state index is 11.9. The van der Waals surface area contributed by atoms with Gasteiger partial charge in [0.15, 0.2) is 5.69 Å². The van der Waals surface area contributed by atoms with Crippen LogP contribution in [0, 0.1) is 10.5 Å². The Morgan fingerprint density at radius 3 is 2.74 bits per heavy atom. The fourth-order valence-electron chi connectivity index (χ4n) is 1.40. The average molecular weight is 372 g/mol. The van der Waals surface area contributed by atoms with Crippen LogP contribution < -0.4 is 5.32 Å². The van der Waals surface area contributed by atoms with E-state index >= 15 is 0 Å². The van der Waals surface area contributed by atoms with E-state index in [1.165, 1.54) is 0 Å². The second-order valence-corrected chi connectivity index (χ2v) is 5.04. The van der Waals surface area contributed by atoms with Gasteiger partial charge in [0.2, 0.25) is 5.76 Å². The highest BCUT2D eigenvalue weighted by Crippen LogP contribution is 2.19. The molecule has 1 heterocycles. The lowest BCUT2D eigenvalue weighted by Gasteiger charge is -2.06. The first-order valence-electron chi connectivity index (χ1n) is 5.25. The van der Waals surface area contributed by atoms with Gasteiger partial charge in [-0.15, -0.1) is 0 Å². The Morgan fingerprint density at radius 1 is 1.37 bits per heavy atom. The molecule has 6 nitrogen and oxygen atoms in total. The highest BCUT2D eigenvalue weighted by Gasteiger charge is 2.17.